The first-order valence-electron chi connectivity index (χ1n) is 6.86. The largest absolute Gasteiger partial charge is 0.492 e. The zero-order chi connectivity index (χ0) is 13.0. The Kier molecular flexibility index (Phi) is 4.61. The van der Waals surface area contributed by atoms with Gasteiger partial charge in [-0.3, -0.25) is 0 Å². The summed E-state index contributed by atoms with van der Waals surface area (Å²) in [5.74, 6) is 0.937. The summed E-state index contributed by atoms with van der Waals surface area (Å²) in [6.45, 7) is 3.94. The molecule has 2 unspecified atom stereocenters. The van der Waals surface area contributed by atoms with Gasteiger partial charge in [-0.1, -0.05) is 24.6 Å². The van der Waals surface area contributed by atoms with Crippen molar-refractivity contribution in [3.63, 3.8) is 0 Å². The molecule has 0 aromatic heterocycles. The van der Waals surface area contributed by atoms with Gasteiger partial charge in [-0.05, 0) is 39.4 Å². The third-order valence-corrected chi connectivity index (χ3v) is 3.76. The van der Waals surface area contributed by atoms with Gasteiger partial charge in [-0.15, -0.1) is 0 Å². The molecule has 1 fully saturated rings. The van der Waals surface area contributed by atoms with Crippen LogP contribution < -0.4 is 10.5 Å². The predicted molar refractivity (Wildman–Crippen MR) is 74.8 cm³/mol. The van der Waals surface area contributed by atoms with E-state index in [1.165, 1.54) is 25.8 Å². The Balaban J connectivity index is 1.97. The maximum atomic E-state index is 5.99. The van der Waals surface area contributed by atoms with Gasteiger partial charge < -0.3 is 15.4 Å². The minimum Gasteiger partial charge on any atom is -0.492 e. The number of nitrogens with two attached hydrogens (primary N) is 1. The molecule has 0 amide bonds. The zero-order valence-electron chi connectivity index (χ0n) is 11.4. The summed E-state index contributed by atoms with van der Waals surface area (Å²) >= 11 is 0. The van der Waals surface area contributed by atoms with E-state index in [4.69, 9.17) is 10.5 Å². The average Bonchev–Trinajstić information content (AvgIpc) is 2.38. The maximum Gasteiger partial charge on any atom is 0.124 e. The van der Waals surface area contributed by atoms with E-state index in [0.29, 0.717) is 6.04 Å². The van der Waals surface area contributed by atoms with Gasteiger partial charge >= 0.3 is 0 Å². The second kappa shape index (κ2) is 6.21. The van der Waals surface area contributed by atoms with Crippen molar-refractivity contribution in [3.05, 3.63) is 29.8 Å². The van der Waals surface area contributed by atoms with Crippen LogP contribution in [0, 0.1) is 0 Å². The molecular formula is C15H24N2O. The van der Waals surface area contributed by atoms with Crippen molar-refractivity contribution in [3.8, 4) is 5.75 Å². The SMILES string of the molecule is CC(N)c1ccccc1OCC1CCCCN1C. The van der Waals surface area contributed by atoms with Crippen LogP contribution in [-0.4, -0.2) is 31.1 Å². The quantitative estimate of drug-likeness (QED) is 0.890. The van der Waals surface area contributed by atoms with Gasteiger partial charge in [0, 0.05) is 17.6 Å². The van der Waals surface area contributed by atoms with Crippen molar-refractivity contribution in [1.29, 1.82) is 0 Å². The van der Waals surface area contributed by atoms with Crippen LogP contribution in [0.5, 0.6) is 5.75 Å². The first-order valence-corrected chi connectivity index (χ1v) is 6.86. The highest BCUT2D eigenvalue weighted by Gasteiger charge is 2.19. The van der Waals surface area contributed by atoms with Gasteiger partial charge in [-0.2, -0.15) is 0 Å². The molecule has 0 saturated carbocycles. The van der Waals surface area contributed by atoms with Gasteiger partial charge in [0.15, 0.2) is 0 Å². The van der Waals surface area contributed by atoms with Crippen molar-refractivity contribution in [2.45, 2.75) is 38.3 Å². The molecule has 1 saturated heterocycles. The van der Waals surface area contributed by atoms with Gasteiger partial charge in [0.1, 0.15) is 12.4 Å². The minimum atomic E-state index is 0.0188. The number of piperidine rings is 1. The molecule has 18 heavy (non-hydrogen) atoms. The molecule has 1 aromatic rings. The van der Waals surface area contributed by atoms with Gasteiger partial charge in [0.25, 0.3) is 0 Å². The van der Waals surface area contributed by atoms with Gasteiger partial charge in [0.05, 0.1) is 0 Å². The van der Waals surface area contributed by atoms with Crippen LogP contribution in [0.1, 0.15) is 37.8 Å². The monoisotopic (exact) mass is 248 g/mol. The number of likely N-dealkylation sites (tertiary alicyclic amines) is 1. The number of para-hydroxylation sites is 1. The normalized spacial score (nSPS) is 22.7. The molecule has 1 aliphatic heterocycles. The number of hydrogen-bond donors (Lipinski definition) is 1. The third-order valence-electron chi connectivity index (χ3n) is 3.76. The topological polar surface area (TPSA) is 38.5 Å². The van der Waals surface area contributed by atoms with Crippen molar-refractivity contribution >= 4 is 0 Å². The lowest BCUT2D eigenvalue weighted by atomic mass is 10.0. The van der Waals surface area contributed by atoms with E-state index in [1.807, 2.05) is 31.2 Å². The van der Waals surface area contributed by atoms with E-state index in [0.717, 1.165) is 17.9 Å². The van der Waals surface area contributed by atoms with Crippen LogP contribution in [0.2, 0.25) is 0 Å². The molecule has 1 aliphatic rings. The van der Waals surface area contributed by atoms with Crippen LogP contribution in [0.25, 0.3) is 0 Å². The molecule has 3 heteroatoms. The summed E-state index contributed by atoms with van der Waals surface area (Å²) in [5, 5.41) is 0. The van der Waals surface area contributed by atoms with Crippen LogP contribution in [0.4, 0.5) is 0 Å². The first kappa shape index (κ1) is 13.4. The Morgan fingerprint density at radius 1 is 1.39 bits per heavy atom. The van der Waals surface area contributed by atoms with Crippen LogP contribution in [0.3, 0.4) is 0 Å². The fraction of sp³-hybridized carbons (Fsp3) is 0.600. The molecule has 0 aliphatic carbocycles. The molecule has 0 bridgehead atoms. The van der Waals surface area contributed by atoms with Crippen LogP contribution in [-0.2, 0) is 0 Å². The summed E-state index contributed by atoms with van der Waals surface area (Å²) in [7, 11) is 2.19. The highest BCUT2D eigenvalue weighted by Crippen LogP contribution is 2.24. The Labute approximate surface area is 110 Å². The second-order valence-corrected chi connectivity index (χ2v) is 5.27. The number of benzene rings is 1. The highest BCUT2D eigenvalue weighted by atomic mass is 16.5. The van der Waals surface area contributed by atoms with Gasteiger partial charge in [-0.25, -0.2) is 0 Å². The second-order valence-electron chi connectivity index (χ2n) is 5.27. The summed E-state index contributed by atoms with van der Waals surface area (Å²) < 4.78 is 5.99. The van der Waals surface area contributed by atoms with Crippen molar-refractivity contribution in [2.75, 3.05) is 20.2 Å². The Bertz CT molecular complexity index is 379. The lowest BCUT2D eigenvalue weighted by Gasteiger charge is -2.32. The molecule has 3 nitrogen and oxygen atoms in total. The molecule has 1 aromatic carbocycles. The van der Waals surface area contributed by atoms with E-state index < -0.39 is 0 Å². The molecule has 0 spiro atoms. The zero-order valence-corrected chi connectivity index (χ0v) is 11.4. The van der Waals surface area contributed by atoms with E-state index in [1.54, 1.807) is 0 Å². The van der Waals surface area contributed by atoms with Crippen LogP contribution in [0.15, 0.2) is 24.3 Å². The van der Waals surface area contributed by atoms with Crippen LogP contribution >= 0.6 is 0 Å². The molecule has 0 radical (unpaired) electrons. The summed E-state index contributed by atoms with van der Waals surface area (Å²) in [4.78, 5) is 2.40. The summed E-state index contributed by atoms with van der Waals surface area (Å²) in [5.41, 5.74) is 7.05. The number of hydrogen-bond acceptors (Lipinski definition) is 3. The molecule has 2 atom stereocenters. The Morgan fingerprint density at radius 3 is 2.89 bits per heavy atom. The lowest BCUT2D eigenvalue weighted by Crippen LogP contribution is -2.40. The van der Waals surface area contributed by atoms with E-state index in [2.05, 4.69) is 11.9 Å². The molecule has 1 heterocycles. The van der Waals surface area contributed by atoms with E-state index >= 15 is 0 Å². The van der Waals surface area contributed by atoms with Crippen molar-refractivity contribution in [1.82, 2.24) is 4.90 Å². The number of ether oxygens (including phenoxy) is 1. The summed E-state index contributed by atoms with van der Waals surface area (Å²) in [6.07, 6.45) is 3.85. The van der Waals surface area contributed by atoms with Crippen molar-refractivity contribution < 1.29 is 4.74 Å². The Morgan fingerprint density at radius 2 is 2.17 bits per heavy atom. The fourth-order valence-electron chi connectivity index (χ4n) is 2.53. The minimum absolute atomic E-state index is 0.0188. The van der Waals surface area contributed by atoms with Gasteiger partial charge in [0.2, 0.25) is 0 Å². The first-order chi connectivity index (χ1) is 8.68. The predicted octanol–water partition coefficient (Wildman–Crippen LogP) is 2.57. The third kappa shape index (κ3) is 3.24. The van der Waals surface area contributed by atoms with E-state index in [-0.39, 0.29) is 6.04 Å². The van der Waals surface area contributed by atoms with Crippen molar-refractivity contribution in [2.24, 2.45) is 5.73 Å². The highest BCUT2D eigenvalue weighted by molar-refractivity contribution is 5.35. The average molecular weight is 248 g/mol. The standard InChI is InChI=1S/C15H24N2O/c1-12(16)14-8-3-4-9-15(14)18-11-13-7-5-6-10-17(13)2/h3-4,8-9,12-13H,5-7,10-11,16H2,1-2H3. The summed E-state index contributed by atoms with van der Waals surface area (Å²) in [6, 6.07) is 8.64. The fourth-order valence-corrected chi connectivity index (χ4v) is 2.53. The Hall–Kier alpha value is -1.06. The maximum absolute atomic E-state index is 5.99. The van der Waals surface area contributed by atoms with E-state index in [9.17, 15) is 0 Å². The number of nitrogens with zero attached hydrogens (tertiary/aromatic N) is 1. The number of rotatable bonds is 4. The lowest BCUT2D eigenvalue weighted by molar-refractivity contribution is 0.124. The molecule has 2 N–H and O–H groups in total. The number of likely N-dealkylation sites (N-methyl/N-ethyl adjacent to an activating group) is 1. The molecular weight excluding hydrogens is 224 g/mol. The molecule has 100 valence electrons. The smallest absolute Gasteiger partial charge is 0.124 e. The molecule has 2 rings (SSSR count).